The molecule has 0 bridgehead atoms. The number of aliphatic imine (C=N–C) groups is 1. The lowest BCUT2D eigenvalue weighted by molar-refractivity contribution is 0.270. The zero-order chi connectivity index (χ0) is 15.3. The summed E-state index contributed by atoms with van der Waals surface area (Å²) in [4.78, 5) is 4.68. The van der Waals surface area contributed by atoms with Crippen molar-refractivity contribution in [3.63, 3.8) is 0 Å². The number of hydrogen-bond donors (Lipinski definition) is 3. The molecule has 0 aromatic heterocycles. The fourth-order valence-corrected chi connectivity index (χ4v) is 4.65. The molecule has 4 rings (SSSR count). The van der Waals surface area contributed by atoms with Crippen LogP contribution in [0.4, 0.5) is 0 Å². The lowest BCUT2D eigenvalue weighted by Crippen LogP contribution is -2.60. The first kappa shape index (κ1) is 14.7. The zero-order valence-corrected chi connectivity index (χ0v) is 13.9. The summed E-state index contributed by atoms with van der Waals surface area (Å²) in [5.41, 5.74) is 1.17. The number of nitrogens with one attached hydrogen (secondary N) is 3. The fourth-order valence-electron chi connectivity index (χ4n) is 4.44. The molecule has 22 heavy (non-hydrogen) atoms. The van der Waals surface area contributed by atoms with Crippen molar-refractivity contribution in [3.8, 4) is 0 Å². The van der Waals surface area contributed by atoms with Crippen molar-refractivity contribution in [2.45, 2.75) is 56.5 Å². The minimum Gasteiger partial charge on any atom is -0.372 e. The molecular weight excluding hydrogens is 296 g/mol. The maximum Gasteiger partial charge on any atom is 0.118 e. The third-order valence-corrected chi connectivity index (χ3v) is 5.75. The molecule has 0 aromatic rings. The highest BCUT2D eigenvalue weighted by atomic mass is 35.5. The molecule has 1 saturated heterocycles. The Morgan fingerprint density at radius 2 is 2.14 bits per heavy atom. The van der Waals surface area contributed by atoms with Crippen LogP contribution in [-0.4, -0.2) is 36.0 Å². The molecule has 8 unspecified atom stereocenters. The quantitative estimate of drug-likeness (QED) is 0.393. The number of alkyl halides is 1. The minimum absolute atomic E-state index is 0.161. The van der Waals surface area contributed by atoms with E-state index in [9.17, 15) is 0 Å². The van der Waals surface area contributed by atoms with Gasteiger partial charge in [0, 0.05) is 11.9 Å². The Hall–Kier alpha value is -0.840. The predicted molar refractivity (Wildman–Crippen MR) is 91.0 cm³/mol. The van der Waals surface area contributed by atoms with Crippen molar-refractivity contribution in [1.29, 1.82) is 0 Å². The van der Waals surface area contributed by atoms with Gasteiger partial charge in [0.05, 0.1) is 24.3 Å². The summed E-state index contributed by atoms with van der Waals surface area (Å²) in [6.07, 6.45) is 11.6. The van der Waals surface area contributed by atoms with Gasteiger partial charge in [0.2, 0.25) is 0 Å². The van der Waals surface area contributed by atoms with E-state index < -0.39 is 0 Å². The molecule has 120 valence electrons. The van der Waals surface area contributed by atoms with Crippen LogP contribution in [0, 0.1) is 17.8 Å². The smallest absolute Gasteiger partial charge is 0.118 e. The van der Waals surface area contributed by atoms with E-state index in [2.05, 4.69) is 53.0 Å². The van der Waals surface area contributed by atoms with E-state index in [0.717, 1.165) is 6.42 Å². The lowest BCUT2D eigenvalue weighted by atomic mass is 9.82. The molecule has 5 heteroatoms. The molecule has 0 radical (unpaired) electrons. The second-order valence-corrected chi connectivity index (χ2v) is 7.74. The highest BCUT2D eigenvalue weighted by Gasteiger charge is 2.46. The molecule has 1 fully saturated rings. The topological polar surface area (TPSA) is 48.5 Å². The SMILES string of the molecule is CC1C=CCC(C2NC3=CC(C)C4N=CC(Cl)NC4C3N2)C1. The molecule has 0 saturated carbocycles. The molecule has 8 atom stereocenters. The summed E-state index contributed by atoms with van der Waals surface area (Å²) in [5.74, 6) is 1.76. The van der Waals surface area contributed by atoms with E-state index in [4.69, 9.17) is 11.6 Å². The second-order valence-electron chi connectivity index (χ2n) is 7.27. The van der Waals surface area contributed by atoms with Crippen LogP contribution < -0.4 is 16.0 Å². The maximum absolute atomic E-state index is 6.24. The van der Waals surface area contributed by atoms with E-state index in [1.54, 1.807) is 0 Å². The van der Waals surface area contributed by atoms with Crippen LogP contribution in [0.3, 0.4) is 0 Å². The molecular formula is C17H25ClN4. The summed E-state index contributed by atoms with van der Waals surface area (Å²) in [6.45, 7) is 4.55. The maximum atomic E-state index is 6.24. The van der Waals surface area contributed by atoms with E-state index in [1.165, 1.54) is 12.1 Å². The monoisotopic (exact) mass is 320 g/mol. The number of rotatable bonds is 1. The van der Waals surface area contributed by atoms with Crippen LogP contribution in [-0.2, 0) is 0 Å². The van der Waals surface area contributed by atoms with Crippen LogP contribution in [0.25, 0.3) is 0 Å². The average Bonchev–Trinajstić information content (AvgIpc) is 2.91. The third kappa shape index (κ3) is 2.51. The van der Waals surface area contributed by atoms with E-state index >= 15 is 0 Å². The first-order valence-electron chi connectivity index (χ1n) is 8.46. The van der Waals surface area contributed by atoms with Crippen molar-refractivity contribution in [3.05, 3.63) is 23.9 Å². The van der Waals surface area contributed by atoms with Gasteiger partial charge < -0.3 is 5.32 Å². The molecule has 2 heterocycles. The predicted octanol–water partition coefficient (Wildman–Crippen LogP) is 1.99. The first-order chi connectivity index (χ1) is 10.6. The highest BCUT2D eigenvalue weighted by Crippen LogP contribution is 2.34. The van der Waals surface area contributed by atoms with Crippen LogP contribution in [0.15, 0.2) is 28.9 Å². The molecule has 4 nitrogen and oxygen atoms in total. The van der Waals surface area contributed by atoms with E-state index in [0.29, 0.717) is 30.0 Å². The molecule has 0 amide bonds. The summed E-state index contributed by atoms with van der Waals surface area (Å²) < 4.78 is 0. The van der Waals surface area contributed by atoms with Crippen molar-refractivity contribution < 1.29 is 0 Å². The molecule has 2 aliphatic heterocycles. The molecule has 0 aromatic carbocycles. The van der Waals surface area contributed by atoms with Crippen LogP contribution in [0.1, 0.15) is 26.7 Å². The summed E-state index contributed by atoms with van der Waals surface area (Å²) in [5, 5.41) is 11.1. The van der Waals surface area contributed by atoms with Crippen LogP contribution >= 0.6 is 11.6 Å². The number of hydrogen-bond acceptors (Lipinski definition) is 4. The molecule has 0 spiro atoms. The van der Waals surface area contributed by atoms with Crippen LogP contribution in [0.2, 0.25) is 0 Å². The molecule has 3 N–H and O–H groups in total. The van der Waals surface area contributed by atoms with Gasteiger partial charge in [0.1, 0.15) is 5.50 Å². The Labute approximate surface area is 137 Å². The number of nitrogens with zero attached hydrogens (tertiary/aromatic N) is 1. The summed E-state index contributed by atoms with van der Waals surface area (Å²) >= 11 is 6.24. The molecule has 4 aliphatic rings. The lowest BCUT2D eigenvalue weighted by Gasteiger charge is -2.40. The largest absolute Gasteiger partial charge is 0.372 e. The minimum atomic E-state index is -0.161. The standard InChI is InChI=1S/C17H25ClN4/c1-9-4-3-5-11(6-9)17-20-12-7-10(2)14-16(15(12)22-17)21-13(18)8-19-14/h3-4,7-11,13-17,20-22H,5-6H2,1-2H3. The van der Waals surface area contributed by atoms with Crippen LogP contribution in [0.5, 0.6) is 0 Å². The van der Waals surface area contributed by atoms with Crippen molar-refractivity contribution >= 4 is 17.8 Å². The number of fused-ring (bicyclic) bond motifs is 3. The summed E-state index contributed by atoms with van der Waals surface area (Å²) in [6, 6.07) is 0.852. The van der Waals surface area contributed by atoms with Gasteiger partial charge in [-0.15, -0.1) is 0 Å². The van der Waals surface area contributed by atoms with Crippen molar-refractivity contribution in [2.75, 3.05) is 0 Å². The Bertz CT molecular complexity index is 529. The van der Waals surface area contributed by atoms with E-state index in [1.807, 2.05) is 6.21 Å². The second kappa shape index (κ2) is 5.66. The van der Waals surface area contributed by atoms with Gasteiger partial charge in [0.25, 0.3) is 0 Å². The summed E-state index contributed by atoms with van der Waals surface area (Å²) in [7, 11) is 0. The van der Waals surface area contributed by atoms with Crippen molar-refractivity contribution in [2.24, 2.45) is 22.7 Å². The normalized spacial score (nSPS) is 50.0. The Kier molecular flexibility index (Phi) is 3.79. The Morgan fingerprint density at radius 3 is 2.95 bits per heavy atom. The van der Waals surface area contributed by atoms with Gasteiger partial charge in [-0.1, -0.05) is 43.7 Å². The molecule has 2 aliphatic carbocycles. The Balaban J connectivity index is 1.54. The van der Waals surface area contributed by atoms with Crippen molar-refractivity contribution in [1.82, 2.24) is 16.0 Å². The van der Waals surface area contributed by atoms with E-state index in [-0.39, 0.29) is 17.6 Å². The first-order valence-corrected chi connectivity index (χ1v) is 8.90. The third-order valence-electron chi connectivity index (χ3n) is 5.51. The average molecular weight is 321 g/mol. The van der Waals surface area contributed by atoms with Gasteiger partial charge in [-0.05, 0) is 30.6 Å². The zero-order valence-electron chi connectivity index (χ0n) is 13.2. The van der Waals surface area contributed by atoms with Gasteiger partial charge in [-0.2, -0.15) is 0 Å². The van der Waals surface area contributed by atoms with Gasteiger partial charge in [-0.3, -0.25) is 15.6 Å². The Morgan fingerprint density at radius 1 is 1.27 bits per heavy atom. The van der Waals surface area contributed by atoms with Gasteiger partial charge in [0.15, 0.2) is 0 Å². The van der Waals surface area contributed by atoms with Gasteiger partial charge in [-0.25, -0.2) is 0 Å². The fraction of sp³-hybridized carbons (Fsp3) is 0.706. The van der Waals surface area contributed by atoms with Gasteiger partial charge >= 0.3 is 0 Å². The number of halogens is 1. The highest BCUT2D eigenvalue weighted by molar-refractivity contribution is 6.28. The number of allylic oxidation sites excluding steroid dienone is 2.